The maximum Gasteiger partial charge on any atom is 0.127 e. The number of benzene rings is 1. The molecular weight excluding hydrogens is 300 g/mol. The van der Waals surface area contributed by atoms with Crippen molar-refractivity contribution >= 4 is 34.4 Å². The van der Waals surface area contributed by atoms with Crippen LogP contribution in [0.1, 0.15) is 55.9 Å². The number of imidazole rings is 1. The van der Waals surface area contributed by atoms with Crippen molar-refractivity contribution < 1.29 is 0 Å². The molecular formula is C17H23ClN2S. The molecule has 1 aliphatic rings. The van der Waals surface area contributed by atoms with Gasteiger partial charge < -0.3 is 4.57 Å². The molecule has 2 nitrogen and oxygen atoms in total. The van der Waals surface area contributed by atoms with Crippen LogP contribution in [0.2, 0.25) is 0 Å². The first-order valence-electron chi connectivity index (χ1n) is 7.84. The smallest absolute Gasteiger partial charge is 0.127 e. The van der Waals surface area contributed by atoms with Crippen molar-refractivity contribution in [3.05, 3.63) is 29.6 Å². The SMILES string of the molecule is CCSC1CCC(n2c(C(C)Cl)nc3ccc(C)cc32)C1. The van der Waals surface area contributed by atoms with Crippen LogP contribution in [0.3, 0.4) is 0 Å². The Morgan fingerprint density at radius 2 is 2.24 bits per heavy atom. The molecule has 4 heteroatoms. The van der Waals surface area contributed by atoms with Gasteiger partial charge in [0.05, 0.1) is 16.4 Å². The summed E-state index contributed by atoms with van der Waals surface area (Å²) in [5, 5.41) is 0.747. The lowest BCUT2D eigenvalue weighted by Crippen LogP contribution is -2.11. The second-order valence-corrected chi connectivity index (χ2v) is 8.22. The zero-order chi connectivity index (χ0) is 15.0. The summed E-state index contributed by atoms with van der Waals surface area (Å²) in [6.07, 6.45) is 3.80. The number of aryl methyl sites for hydroxylation is 1. The van der Waals surface area contributed by atoms with E-state index >= 15 is 0 Å². The van der Waals surface area contributed by atoms with Crippen molar-refractivity contribution in [1.29, 1.82) is 0 Å². The molecule has 1 saturated carbocycles. The molecule has 0 radical (unpaired) electrons. The van der Waals surface area contributed by atoms with Crippen molar-refractivity contribution in [3.63, 3.8) is 0 Å². The zero-order valence-corrected chi connectivity index (χ0v) is 14.5. The fourth-order valence-electron chi connectivity index (χ4n) is 3.43. The Labute approximate surface area is 136 Å². The van der Waals surface area contributed by atoms with Crippen molar-refractivity contribution in [2.45, 2.75) is 56.7 Å². The topological polar surface area (TPSA) is 17.8 Å². The predicted octanol–water partition coefficient (Wildman–Crippen LogP) is 5.49. The van der Waals surface area contributed by atoms with Crippen LogP contribution < -0.4 is 0 Å². The second-order valence-electron chi connectivity index (χ2n) is 5.99. The third-order valence-electron chi connectivity index (χ3n) is 4.35. The Morgan fingerprint density at radius 1 is 1.43 bits per heavy atom. The molecule has 1 heterocycles. The fraction of sp³-hybridized carbons (Fsp3) is 0.588. The maximum atomic E-state index is 6.41. The summed E-state index contributed by atoms with van der Waals surface area (Å²) in [5.41, 5.74) is 3.62. The van der Waals surface area contributed by atoms with Crippen LogP contribution in [-0.2, 0) is 0 Å². The van der Waals surface area contributed by atoms with E-state index in [1.165, 1.54) is 36.1 Å². The minimum atomic E-state index is -0.0458. The first-order chi connectivity index (χ1) is 10.1. The largest absolute Gasteiger partial charge is 0.324 e. The van der Waals surface area contributed by atoms with Gasteiger partial charge in [-0.25, -0.2) is 4.98 Å². The summed E-state index contributed by atoms with van der Waals surface area (Å²) >= 11 is 8.50. The van der Waals surface area contributed by atoms with Gasteiger partial charge >= 0.3 is 0 Å². The highest BCUT2D eigenvalue weighted by Gasteiger charge is 2.29. The number of hydrogen-bond donors (Lipinski definition) is 0. The average molecular weight is 323 g/mol. The van der Waals surface area contributed by atoms with Crippen LogP contribution in [0.25, 0.3) is 11.0 Å². The van der Waals surface area contributed by atoms with Crippen molar-refractivity contribution in [1.82, 2.24) is 9.55 Å². The van der Waals surface area contributed by atoms with Gasteiger partial charge in [0.15, 0.2) is 0 Å². The van der Waals surface area contributed by atoms with Gasteiger partial charge in [-0.1, -0.05) is 13.0 Å². The molecule has 1 aliphatic carbocycles. The van der Waals surface area contributed by atoms with E-state index in [1.807, 2.05) is 6.92 Å². The van der Waals surface area contributed by atoms with E-state index in [0.717, 1.165) is 16.6 Å². The summed E-state index contributed by atoms with van der Waals surface area (Å²) in [4.78, 5) is 4.79. The summed E-state index contributed by atoms with van der Waals surface area (Å²) in [6.45, 7) is 6.42. The fourth-order valence-corrected chi connectivity index (χ4v) is 4.71. The molecule has 1 aromatic heterocycles. The van der Waals surface area contributed by atoms with Gasteiger partial charge in [0.25, 0.3) is 0 Å². The van der Waals surface area contributed by atoms with Crippen LogP contribution in [0, 0.1) is 6.92 Å². The highest BCUT2D eigenvalue weighted by Crippen LogP contribution is 2.40. The monoisotopic (exact) mass is 322 g/mol. The maximum absolute atomic E-state index is 6.41. The summed E-state index contributed by atoms with van der Waals surface area (Å²) in [5.74, 6) is 2.24. The van der Waals surface area contributed by atoms with Gasteiger partial charge in [-0.2, -0.15) is 11.8 Å². The quantitative estimate of drug-likeness (QED) is 0.692. The lowest BCUT2D eigenvalue weighted by Gasteiger charge is -2.18. The Bertz CT molecular complexity index is 635. The number of aromatic nitrogens is 2. The van der Waals surface area contributed by atoms with E-state index in [9.17, 15) is 0 Å². The molecule has 1 aromatic carbocycles. The number of alkyl halides is 1. The summed E-state index contributed by atoms with van der Waals surface area (Å²) in [6, 6.07) is 7.06. The van der Waals surface area contributed by atoms with Crippen LogP contribution in [0.15, 0.2) is 18.2 Å². The second kappa shape index (κ2) is 6.21. The zero-order valence-electron chi connectivity index (χ0n) is 13.0. The number of fused-ring (bicyclic) bond motifs is 1. The number of rotatable bonds is 4. The van der Waals surface area contributed by atoms with E-state index in [1.54, 1.807) is 0 Å². The highest BCUT2D eigenvalue weighted by molar-refractivity contribution is 7.99. The molecule has 3 atom stereocenters. The normalized spacial score (nSPS) is 23.8. The van der Waals surface area contributed by atoms with Gasteiger partial charge in [-0.15, -0.1) is 11.6 Å². The van der Waals surface area contributed by atoms with E-state index in [4.69, 9.17) is 16.6 Å². The molecule has 0 saturated heterocycles. The molecule has 0 amide bonds. The third kappa shape index (κ3) is 2.95. The Hall–Kier alpha value is -0.670. The standard InChI is InChI=1S/C17H23ClN2S/c1-4-21-14-7-6-13(10-14)20-16-9-11(2)5-8-15(16)19-17(20)12(3)18/h5,8-9,12-14H,4,6-7,10H2,1-3H3. The minimum absolute atomic E-state index is 0.0458. The van der Waals surface area contributed by atoms with Gasteiger partial charge in [0, 0.05) is 11.3 Å². The molecule has 0 aliphatic heterocycles. The van der Waals surface area contributed by atoms with E-state index in [2.05, 4.69) is 48.4 Å². The molecule has 0 N–H and O–H groups in total. The van der Waals surface area contributed by atoms with Crippen LogP contribution in [-0.4, -0.2) is 20.6 Å². The van der Waals surface area contributed by atoms with Gasteiger partial charge in [0.2, 0.25) is 0 Å². The molecule has 114 valence electrons. The molecule has 0 spiro atoms. The van der Waals surface area contributed by atoms with Crippen LogP contribution in [0.5, 0.6) is 0 Å². The van der Waals surface area contributed by atoms with Crippen LogP contribution >= 0.6 is 23.4 Å². The number of hydrogen-bond acceptors (Lipinski definition) is 2. The Morgan fingerprint density at radius 3 is 2.95 bits per heavy atom. The third-order valence-corrected chi connectivity index (χ3v) is 5.78. The Kier molecular flexibility index (Phi) is 4.51. The molecule has 0 bridgehead atoms. The van der Waals surface area contributed by atoms with E-state index in [0.29, 0.717) is 6.04 Å². The molecule has 3 rings (SSSR count). The number of thioether (sulfide) groups is 1. The molecule has 3 unspecified atom stereocenters. The van der Waals surface area contributed by atoms with Crippen molar-refractivity contribution in [2.75, 3.05) is 5.75 Å². The Balaban J connectivity index is 2.03. The molecule has 2 aromatic rings. The lowest BCUT2D eigenvalue weighted by molar-refractivity contribution is 0.511. The highest BCUT2D eigenvalue weighted by atomic mass is 35.5. The molecule has 21 heavy (non-hydrogen) atoms. The van der Waals surface area contributed by atoms with E-state index < -0.39 is 0 Å². The average Bonchev–Trinajstić information content (AvgIpc) is 3.02. The predicted molar refractivity (Wildman–Crippen MR) is 93.5 cm³/mol. The number of halogens is 1. The lowest BCUT2D eigenvalue weighted by atomic mass is 10.2. The van der Waals surface area contributed by atoms with Crippen molar-refractivity contribution in [2.24, 2.45) is 0 Å². The molecule has 1 fully saturated rings. The van der Waals surface area contributed by atoms with Gasteiger partial charge in [0.1, 0.15) is 5.82 Å². The van der Waals surface area contributed by atoms with Gasteiger partial charge in [-0.05, 0) is 56.6 Å². The van der Waals surface area contributed by atoms with Gasteiger partial charge in [-0.3, -0.25) is 0 Å². The van der Waals surface area contributed by atoms with Crippen LogP contribution in [0.4, 0.5) is 0 Å². The minimum Gasteiger partial charge on any atom is -0.324 e. The first-order valence-corrected chi connectivity index (χ1v) is 9.32. The first kappa shape index (κ1) is 15.2. The van der Waals surface area contributed by atoms with Crippen molar-refractivity contribution in [3.8, 4) is 0 Å². The number of nitrogens with zero attached hydrogens (tertiary/aromatic N) is 2. The summed E-state index contributed by atoms with van der Waals surface area (Å²) < 4.78 is 2.43. The summed E-state index contributed by atoms with van der Waals surface area (Å²) in [7, 11) is 0. The van der Waals surface area contributed by atoms with E-state index in [-0.39, 0.29) is 5.38 Å².